The lowest BCUT2D eigenvalue weighted by Gasteiger charge is -2.40. The number of carbonyl (C=O) groups is 4. The third-order valence-electron chi connectivity index (χ3n) is 7.97. The number of hydrogen-bond acceptors (Lipinski definition) is 7. The van der Waals surface area contributed by atoms with Gasteiger partial charge in [-0.1, -0.05) is 102 Å². The molecule has 0 saturated carbocycles. The molecule has 10 nitrogen and oxygen atoms in total. The minimum atomic E-state index is -2.36. The summed E-state index contributed by atoms with van der Waals surface area (Å²) in [6.45, 7) is 15.5. The Morgan fingerprint density at radius 3 is 1.80 bits per heavy atom. The summed E-state index contributed by atoms with van der Waals surface area (Å²) in [4.78, 5) is 52.2. The van der Waals surface area contributed by atoms with E-state index in [-0.39, 0.29) is 30.7 Å². The van der Waals surface area contributed by atoms with E-state index in [0.29, 0.717) is 6.42 Å². The molecule has 0 bridgehead atoms. The molecule has 4 atom stereocenters. The van der Waals surface area contributed by atoms with Crippen LogP contribution in [-0.2, 0) is 41.5 Å². The van der Waals surface area contributed by atoms with E-state index >= 15 is 0 Å². The van der Waals surface area contributed by atoms with Gasteiger partial charge in [0.2, 0.25) is 11.8 Å². The first-order valence-corrected chi connectivity index (χ1v) is 18.0. The summed E-state index contributed by atoms with van der Waals surface area (Å²) in [5.41, 5.74) is 1.63. The molecule has 242 valence electrons. The average molecular weight is 628 g/mol. The molecule has 0 saturated heterocycles. The SMILES string of the molecule is CC[C@H](C)[C@H](NC(=O)OCc1ccccc1)C(=O)N[C@H](C(=O)NCC(=O)OCc1ccccc1)[C@H](C)O[Si](C)(C)C(C)(C)C. The molecule has 2 rings (SSSR count). The lowest BCUT2D eigenvalue weighted by atomic mass is 9.98. The van der Waals surface area contributed by atoms with Crippen LogP contribution in [0, 0.1) is 5.92 Å². The van der Waals surface area contributed by atoms with Gasteiger partial charge in [-0.25, -0.2) is 4.79 Å². The zero-order chi connectivity index (χ0) is 32.9. The number of amides is 3. The zero-order valence-electron chi connectivity index (χ0n) is 27.3. The van der Waals surface area contributed by atoms with Crippen molar-refractivity contribution < 1.29 is 33.1 Å². The molecule has 0 spiro atoms. The van der Waals surface area contributed by atoms with Gasteiger partial charge in [0.15, 0.2) is 8.32 Å². The fourth-order valence-corrected chi connectivity index (χ4v) is 5.42. The Balaban J connectivity index is 2.15. The maximum absolute atomic E-state index is 13.6. The van der Waals surface area contributed by atoms with Gasteiger partial charge in [-0.3, -0.25) is 14.4 Å². The van der Waals surface area contributed by atoms with Crippen LogP contribution in [0.15, 0.2) is 60.7 Å². The Morgan fingerprint density at radius 2 is 1.30 bits per heavy atom. The van der Waals surface area contributed by atoms with Crippen LogP contribution >= 0.6 is 0 Å². The van der Waals surface area contributed by atoms with Crippen molar-refractivity contribution in [3.63, 3.8) is 0 Å². The van der Waals surface area contributed by atoms with E-state index in [4.69, 9.17) is 13.9 Å². The second kappa shape index (κ2) is 17.0. The largest absolute Gasteiger partial charge is 0.460 e. The topological polar surface area (TPSA) is 132 Å². The van der Waals surface area contributed by atoms with Gasteiger partial charge >= 0.3 is 12.1 Å². The van der Waals surface area contributed by atoms with Crippen LogP contribution in [0.2, 0.25) is 18.1 Å². The molecule has 0 heterocycles. The highest BCUT2D eigenvalue weighted by Gasteiger charge is 2.42. The zero-order valence-corrected chi connectivity index (χ0v) is 28.3. The number of carbonyl (C=O) groups excluding carboxylic acids is 4. The normalized spacial score (nSPS) is 14.4. The first-order chi connectivity index (χ1) is 20.6. The number of ether oxygens (including phenoxy) is 2. The summed E-state index contributed by atoms with van der Waals surface area (Å²) in [5, 5.41) is 7.89. The molecule has 0 aliphatic heterocycles. The highest BCUT2D eigenvalue weighted by atomic mass is 28.4. The van der Waals surface area contributed by atoms with Gasteiger partial charge in [-0.05, 0) is 42.1 Å². The van der Waals surface area contributed by atoms with Crippen LogP contribution in [0.4, 0.5) is 4.79 Å². The van der Waals surface area contributed by atoms with E-state index in [9.17, 15) is 19.2 Å². The molecule has 0 unspecified atom stereocenters. The lowest BCUT2D eigenvalue weighted by Crippen LogP contribution is -2.60. The second-order valence-electron chi connectivity index (χ2n) is 12.5. The molecule has 0 aromatic heterocycles. The minimum absolute atomic E-state index is 0.0459. The van der Waals surface area contributed by atoms with E-state index < -0.39 is 50.4 Å². The van der Waals surface area contributed by atoms with Crippen molar-refractivity contribution in [2.45, 2.75) is 97.5 Å². The predicted molar refractivity (Wildman–Crippen MR) is 172 cm³/mol. The van der Waals surface area contributed by atoms with E-state index in [2.05, 4.69) is 36.7 Å². The van der Waals surface area contributed by atoms with Crippen LogP contribution in [0.25, 0.3) is 0 Å². The molecule has 0 aliphatic carbocycles. The quantitative estimate of drug-likeness (QED) is 0.185. The molecule has 0 aliphatic rings. The van der Waals surface area contributed by atoms with Gasteiger partial charge < -0.3 is 29.9 Å². The molecule has 44 heavy (non-hydrogen) atoms. The average Bonchev–Trinajstić information content (AvgIpc) is 2.98. The number of esters is 1. The van der Waals surface area contributed by atoms with E-state index in [1.165, 1.54) is 0 Å². The van der Waals surface area contributed by atoms with E-state index in [1.54, 1.807) is 6.92 Å². The molecule has 3 N–H and O–H groups in total. The minimum Gasteiger partial charge on any atom is -0.460 e. The van der Waals surface area contributed by atoms with Crippen molar-refractivity contribution in [3.8, 4) is 0 Å². The number of nitrogens with one attached hydrogen (secondary N) is 3. The summed E-state index contributed by atoms with van der Waals surface area (Å²) >= 11 is 0. The highest BCUT2D eigenvalue weighted by molar-refractivity contribution is 6.74. The number of benzene rings is 2. The lowest BCUT2D eigenvalue weighted by molar-refractivity contribution is -0.145. The molecule has 0 fully saturated rings. The summed E-state index contributed by atoms with van der Waals surface area (Å²) in [7, 11) is -2.36. The molecule has 0 radical (unpaired) electrons. The summed E-state index contributed by atoms with van der Waals surface area (Å²) in [5.74, 6) is -2.05. The van der Waals surface area contributed by atoms with Crippen molar-refractivity contribution in [3.05, 3.63) is 71.8 Å². The van der Waals surface area contributed by atoms with Gasteiger partial charge in [0.25, 0.3) is 0 Å². The van der Waals surface area contributed by atoms with Gasteiger partial charge in [0.05, 0.1) is 6.10 Å². The molecular formula is C33H49N3O7Si. The van der Waals surface area contributed by atoms with Crippen LogP contribution in [0.1, 0.15) is 59.1 Å². The monoisotopic (exact) mass is 627 g/mol. The highest BCUT2D eigenvalue weighted by Crippen LogP contribution is 2.37. The molecule has 2 aromatic carbocycles. The Kier molecular flexibility index (Phi) is 14.1. The van der Waals surface area contributed by atoms with Crippen molar-refractivity contribution in [2.24, 2.45) is 5.92 Å². The van der Waals surface area contributed by atoms with Gasteiger partial charge in [-0.2, -0.15) is 0 Å². The first-order valence-electron chi connectivity index (χ1n) is 15.1. The number of alkyl carbamates (subject to hydrolysis) is 1. The third kappa shape index (κ3) is 11.8. The van der Waals surface area contributed by atoms with Crippen LogP contribution in [0.5, 0.6) is 0 Å². The summed E-state index contributed by atoms with van der Waals surface area (Å²) < 4.78 is 17.1. The maximum atomic E-state index is 13.6. The van der Waals surface area contributed by atoms with Crippen molar-refractivity contribution >= 4 is 32.2 Å². The van der Waals surface area contributed by atoms with Crippen LogP contribution in [-0.4, -0.2) is 56.9 Å². The standard InChI is InChI=1S/C33H49N3O7Si/c1-9-23(2)28(36-32(40)42-22-26-18-14-11-15-19-26)31(39)35-29(24(3)43-44(7,8)33(4,5)6)30(38)34-20-27(37)41-21-25-16-12-10-13-17-25/h10-19,23-24,28-29H,9,20-22H2,1-8H3,(H,34,38)(H,35,39)(H,36,40)/t23-,24-,28-,29-/m0/s1. The maximum Gasteiger partial charge on any atom is 0.408 e. The summed E-state index contributed by atoms with van der Waals surface area (Å²) in [6, 6.07) is 16.3. The molecule has 2 aromatic rings. The Labute approximate surface area is 262 Å². The number of rotatable bonds is 15. The first kappa shape index (κ1) is 36.5. The van der Waals surface area contributed by atoms with E-state index in [0.717, 1.165) is 11.1 Å². The fourth-order valence-electron chi connectivity index (χ4n) is 4.00. The van der Waals surface area contributed by atoms with E-state index in [1.807, 2.05) is 87.6 Å². The Bertz CT molecular complexity index is 1220. The Hall–Kier alpha value is -3.70. The number of hydrogen-bond donors (Lipinski definition) is 3. The van der Waals surface area contributed by atoms with Crippen molar-refractivity contribution in [1.82, 2.24) is 16.0 Å². The van der Waals surface area contributed by atoms with Gasteiger partial charge in [-0.15, -0.1) is 0 Å². The summed E-state index contributed by atoms with van der Waals surface area (Å²) in [6.07, 6.45) is -0.901. The van der Waals surface area contributed by atoms with Gasteiger partial charge in [0, 0.05) is 0 Å². The second-order valence-corrected chi connectivity index (χ2v) is 17.3. The molecule has 3 amide bonds. The van der Waals surface area contributed by atoms with Crippen molar-refractivity contribution in [2.75, 3.05) is 6.54 Å². The molecule has 11 heteroatoms. The van der Waals surface area contributed by atoms with Crippen LogP contribution < -0.4 is 16.0 Å². The Morgan fingerprint density at radius 1 is 0.773 bits per heavy atom. The predicted octanol–water partition coefficient (Wildman–Crippen LogP) is 5.08. The smallest absolute Gasteiger partial charge is 0.408 e. The van der Waals surface area contributed by atoms with Gasteiger partial charge in [0.1, 0.15) is 31.8 Å². The van der Waals surface area contributed by atoms with Crippen LogP contribution in [0.3, 0.4) is 0 Å². The fraction of sp³-hybridized carbons (Fsp3) is 0.515. The van der Waals surface area contributed by atoms with Crippen molar-refractivity contribution in [1.29, 1.82) is 0 Å². The third-order valence-corrected chi connectivity index (χ3v) is 12.5. The molecular weight excluding hydrogens is 578 g/mol.